The quantitative estimate of drug-likeness (QED) is 0.906. The molecule has 1 N–H and O–H groups in total. The van der Waals surface area contributed by atoms with Crippen LogP contribution in [0.1, 0.15) is 58.1 Å². The summed E-state index contributed by atoms with van der Waals surface area (Å²) in [6, 6.07) is 2.10. The van der Waals surface area contributed by atoms with Crippen LogP contribution in [-0.2, 0) is 11.3 Å². The Balaban J connectivity index is 1.69. The number of aryl methyl sites for hydroxylation is 1. The van der Waals surface area contributed by atoms with E-state index in [9.17, 15) is 5.11 Å². The molecule has 0 saturated heterocycles. The summed E-state index contributed by atoms with van der Waals surface area (Å²) in [7, 11) is 0. The Bertz CT molecular complexity index is 590. The molecule has 5 rings (SSSR count). The van der Waals surface area contributed by atoms with Crippen molar-refractivity contribution in [3.8, 4) is 0 Å². The van der Waals surface area contributed by atoms with Gasteiger partial charge in [-0.25, -0.2) is 0 Å². The van der Waals surface area contributed by atoms with Gasteiger partial charge in [0, 0.05) is 18.4 Å². The third-order valence-electron chi connectivity index (χ3n) is 6.57. The lowest BCUT2D eigenvalue weighted by Gasteiger charge is -2.69. The molecule has 0 amide bonds. The van der Waals surface area contributed by atoms with Gasteiger partial charge in [-0.3, -0.25) is 4.68 Å². The van der Waals surface area contributed by atoms with Gasteiger partial charge in [0.05, 0.1) is 18.8 Å². The van der Waals surface area contributed by atoms with Crippen LogP contribution in [0.4, 0.5) is 0 Å². The lowest BCUT2D eigenvalue weighted by molar-refractivity contribution is -0.250. The average molecular weight is 318 g/mol. The van der Waals surface area contributed by atoms with Crippen molar-refractivity contribution in [2.75, 3.05) is 13.2 Å². The number of hydrogen-bond donors (Lipinski definition) is 1. The van der Waals surface area contributed by atoms with Gasteiger partial charge in [0.25, 0.3) is 0 Å². The summed E-state index contributed by atoms with van der Waals surface area (Å²) in [5.74, 6) is 0. The van der Waals surface area contributed by atoms with Crippen molar-refractivity contribution < 1.29 is 9.84 Å². The lowest BCUT2D eigenvalue weighted by Crippen LogP contribution is -2.64. The Hall–Kier alpha value is -0.870. The van der Waals surface area contributed by atoms with Crippen LogP contribution >= 0.6 is 0 Å². The summed E-state index contributed by atoms with van der Waals surface area (Å²) in [6.07, 6.45) is 9.27. The van der Waals surface area contributed by atoms with E-state index < -0.39 is 0 Å². The molecule has 0 radical (unpaired) electrons. The van der Waals surface area contributed by atoms with E-state index in [1.165, 1.54) is 25.0 Å². The van der Waals surface area contributed by atoms with Crippen molar-refractivity contribution in [2.45, 2.75) is 71.4 Å². The molecule has 4 heteroatoms. The first-order valence-electron chi connectivity index (χ1n) is 9.03. The third-order valence-corrected chi connectivity index (χ3v) is 6.57. The fourth-order valence-corrected chi connectivity index (χ4v) is 7.29. The monoisotopic (exact) mass is 318 g/mol. The lowest BCUT2D eigenvalue weighted by atomic mass is 9.39. The molecule has 4 fully saturated rings. The molecule has 1 aromatic heterocycles. The average Bonchev–Trinajstić information content (AvgIpc) is 2.77. The van der Waals surface area contributed by atoms with E-state index in [0.29, 0.717) is 22.9 Å². The zero-order valence-corrected chi connectivity index (χ0v) is 14.8. The Morgan fingerprint density at radius 3 is 2.39 bits per heavy atom. The Labute approximate surface area is 139 Å². The van der Waals surface area contributed by atoms with Crippen molar-refractivity contribution in [1.29, 1.82) is 0 Å². The fraction of sp³-hybridized carbons (Fsp3) is 0.842. The van der Waals surface area contributed by atoms with Crippen molar-refractivity contribution in [1.82, 2.24) is 9.78 Å². The second-order valence-corrected chi connectivity index (χ2v) is 9.57. The van der Waals surface area contributed by atoms with Crippen LogP contribution in [0.5, 0.6) is 0 Å². The highest BCUT2D eigenvalue weighted by atomic mass is 16.5. The molecule has 4 atom stereocenters. The van der Waals surface area contributed by atoms with Crippen LogP contribution in [0, 0.1) is 23.2 Å². The Kier molecular flexibility index (Phi) is 3.28. The number of ether oxygens (including phenoxy) is 1. The zero-order chi connectivity index (χ0) is 16.3. The van der Waals surface area contributed by atoms with E-state index >= 15 is 0 Å². The molecule has 23 heavy (non-hydrogen) atoms. The van der Waals surface area contributed by atoms with E-state index in [0.717, 1.165) is 25.8 Å². The minimum Gasteiger partial charge on any atom is -0.394 e. The highest BCUT2D eigenvalue weighted by molar-refractivity contribution is 5.17. The first-order valence-corrected chi connectivity index (χ1v) is 9.03. The molecule has 4 nitrogen and oxygen atoms in total. The highest BCUT2D eigenvalue weighted by Crippen LogP contribution is 2.71. The van der Waals surface area contributed by atoms with Crippen molar-refractivity contribution in [3.05, 3.63) is 18.0 Å². The van der Waals surface area contributed by atoms with Crippen molar-refractivity contribution in [3.63, 3.8) is 0 Å². The predicted molar refractivity (Wildman–Crippen MR) is 89.1 cm³/mol. The molecule has 4 aliphatic rings. The number of aliphatic hydroxyl groups excluding tert-OH is 1. The zero-order valence-electron chi connectivity index (χ0n) is 14.8. The van der Waals surface area contributed by atoms with E-state index in [4.69, 9.17) is 4.74 Å². The summed E-state index contributed by atoms with van der Waals surface area (Å²) in [5.41, 5.74) is 2.27. The minimum atomic E-state index is -0.0258. The van der Waals surface area contributed by atoms with Gasteiger partial charge in [-0.1, -0.05) is 13.8 Å². The van der Waals surface area contributed by atoms with Crippen molar-refractivity contribution in [2.24, 2.45) is 16.2 Å². The number of rotatable bonds is 5. The van der Waals surface area contributed by atoms with E-state index in [1.54, 1.807) is 0 Å². The standard InChI is InChI=1S/C19H30N2O2/c1-15-4-5-20-21(15)14-18-9-16(2)8-17(3,10-18)12-19(11-16,13-18)23-7-6-22/h4-5,22H,6-14H2,1-3H3/t16-,17+,18?,19?. The third kappa shape index (κ3) is 2.54. The largest absolute Gasteiger partial charge is 0.394 e. The Morgan fingerprint density at radius 2 is 1.83 bits per heavy atom. The molecule has 1 heterocycles. The Morgan fingerprint density at radius 1 is 1.13 bits per heavy atom. The van der Waals surface area contributed by atoms with Crippen LogP contribution in [0.25, 0.3) is 0 Å². The summed E-state index contributed by atoms with van der Waals surface area (Å²) in [4.78, 5) is 0. The van der Waals surface area contributed by atoms with Gasteiger partial charge in [-0.15, -0.1) is 0 Å². The van der Waals surface area contributed by atoms with Gasteiger partial charge in [-0.2, -0.15) is 5.10 Å². The summed E-state index contributed by atoms with van der Waals surface area (Å²) >= 11 is 0. The van der Waals surface area contributed by atoms with Crippen LogP contribution in [0.2, 0.25) is 0 Å². The topological polar surface area (TPSA) is 47.3 Å². The number of aromatic nitrogens is 2. The van der Waals surface area contributed by atoms with Gasteiger partial charge in [0.1, 0.15) is 0 Å². The summed E-state index contributed by atoms with van der Waals surface area (Å²) in [6.45, 7) is 8.69. The van der Waals surface area contributed by atoms with Gasteiger partial charge in [-0.05, 0) is 67.8 Å². The normalized spacial score (nSPS) is 44.9. The second kappa shape index (κ2) is 4.82. The van der Waals surface area contributed by atoms with Gasteiger partial charge in [0.15, 0.2) is 0 Å². The molecule has 0 spiro atoms. The maximum Gasteiger partial charge on any atom is 0.0705 e. The van der Waals surface area contributed by atoms with Crippen LogP contribution < -0.4 is 0 Å². The van der Waals surface area contributed by atoms with Gasteiger partial charge >= 0.3 is 0 Å². The number of nitrogens with zero attached hydrogens (tertiary/aromatic N) is 2. The first-order chi connectivity index (χ1) is 10.8. The van der Waals surface area contributed by atoms with Crippen molar-refractivity contribution >= 4 is 0 Å². The molecule has 2 unspecified atom stereocenters. The molecule has 128 valence electrons. The number of hydrogen-bond acceptors (Lipinski definition) is 3. The fourth-order valence-electron chi connectivity index (χ4n) is 7.29. The van der Waals surface area contributed by atoms with Crippen LogP contribution in [0.3, 0.4) is 0 Å². The molecular weight excluding hydrogens is 288 g/mol. The smallest absolute Gasteiger partial charge is 0.0705 e. The van der Waals surface area contributed by atoms with Crippen LogP contribution in [0.15, 0.2) is 12.3 Å². The van der Waals surface area contributed by atoms with E-state index in [2.05, 4.69) is 36.6 Å². The maximum atomic E-state index is 9.27. The highest BCUT2D eigenvalue weighted by Gasteiger charge is 2.66. The van der Waals surface area contributed by atoms with Crippen LogP contribution in [-0.4, -0.2) is 33.7 Å². The second-order valence-electron chi connectivity index (χ2n) is 9.57. The molecule has 4 saturated carbocycles. The molecule has 0 aliphatic heterocycles. The maximum absolute atomic E-state index is 9.27. The van der Waals surface area contributed by atoms with Gasteiger partial charge < -0.3 is 9.84 Å². The molecule has 0 aromatic carbocycles. The predicted octanol–water partition coefficient (Wildman–Crippen LogP) is 3.32. The SMILES string of the molecule is Cc1ccnn1CC12CC3(OCCO)C[C@](C)(C1)C[C@](C)(C2)C3. The first kappa shape index (κ1) is 15.6. The van der Waals surface area contributed by atoms with E-state index in [-0.39, 0.29) is 12.2 Å². The molecule has 4 aliphatic carbocycles. The summed E-state index contributed by atoms with van der Waals surface area (Å²) in [5, 5.41) is 13.8. The van der Waals surface area contributed by atoms with Gasteiger partial charge in [0.2, 0.25) is 0 Å². The van der Waals surface area contributed by atoms with E-state index in [1.807, 2.05) is 6.20 Å². The molecule has 4 bridgehead atoms. The molecule has 1 aromatic rings. The molecular formula is C19H30N2O2. The number of aliphatic hydroxyl groups is 1. The minimum absolute atomic E-state index is 0.0258. The summed E-state index contributed by atoms with van der Waals surface area (Å²) < 4.78 is 8.51.